The molecule has 26 heavy (non-hydrogen) atoms. The number of aryl methyl sites for hydroxylation is 1. The number of ether oxygens (including phenoxy) is 1. The second-order valence-corrected chi connectivity index (χ2v) is 7.08. The van der Waals surface area contributed by atoms with E-state index < -0.39 is 17.6 Å². The zero-order valence-electron chi connectivity index (χ0n) is 15.5. The fourth-order valence-corrected chi connectivity index (χ4v) is 3.14. The highest BCUT2D eigenvalue weighted by Gasteiger charge is 2.47. The van der Waals surface area contributed by atoms with Crippen LogP contribution in [0.2, 0.25) is 0 Å². The first-order chi connectivity index (χ1) is 12.2. The first-order valence-corrected chi connectivity index (χ1v) is 8.54. The van der Waals surface area contributed by atoms with Gasteiger partial charge in [-0.2, -0.15) is 0 Å². The minimum Gasteiger partial charge on any atom is -0.433 e. The van der Waals surface area contributed by atoms with E-state index in [0.717, 1.165) is 21.5 Å². The largest absolute Gasteiger partial charge is 0.433 e. The van der Waals surface area contributed by atoms with Crippen molar-refractivity contribution in [2.45, 2.75) is 32.9 Å². The number of hydrogen-bond acceptors (Lipinski definition) is 4. The van der Waals surface area contributed by atoms with Crippen LogP contribution in [0.25, 0.3) is 10.9 Å². The van der Waals surface area contributed by atoms with E-state index in [2.05, 4.69) is 16.7 Å². The number of cyclic esters (lactones) is 1. The third-order valence-electron chi connectivity index (χ3n) is 4.72. The standard InChI is InChI=1S/C19H23N3O4/c1-13-11-14-7-5-6-8-15(14)21(13)10-9-20(4)16(23)12-22-17(24)19(2,3)26-18(22)25/h5-8,11H,9-10,12H2,1-4H3. The summed E-state index contributed by atoms with van der Waals surface area (Å²) in [6, 6.07) is 10.2. The van der Waals surface area contributed by atoms with Crippen LogP contribution in [0.15, 0.2) is 30.3 Å². The maximum atomic E-state index is 12.4. The van der Waals surface area contributed by atoms with Gasteiger partial charge in [0.25, 0.3) is 5.91 Å². The molecular weight excluding hydrogens is 334 g/mol. The zero-order chi connectivity index (χ0) is 19.1. The molecule has 0 aliphatic carbocycles. The third kappa shape index (κ3) is 3.16. The Morgan fingerprint density at radius 1 is 1.23 bits per heavy atom. The molecule has 0 radical (unpaired) electrons. The second kappa shape index (κ2) is 6.48. The lowest BCUT2D eigenvalue weighted by molar-refractivity contribution is -0.139. The van der Waals surface area contributed by atoms with Crippen LogP contribution in [0.1, 0.15) is 19.5 Å². The summed E-state index contributed by atoms with van der Waals surface area (Å²) in [5.41, 5.74) is 1.02. The van der Waals surface area contributed by atoms with E-state index in [4.69, 9.17) is 4.74 Å². The minimum absolute atomic E-state index is 0.303. The molecule has 1 aliphatic heterocycles. The fraction of sp³-hybridized carbons (Fsp3) is 0.421. The van der Waals surface area contributed by atoms with Gasteiger partial charge in [0.1, 0.15) is 6.54 Å². The summed E-state index contributed by atoms with van der Waals surface area (Å²) in [5, 5.41) is 1.16. The molecule has 0 saturated carbocycles. The summed E-state index contributed by atoms with van der Waals surface area (Å²) in [6.45, 7) is 5.86. The van der Waals surface area contributed by atoms with Gasteiger partial charge in [0.15, 0.2) is 5.60 Å². The molecule has 2 aromatic rings. The summed E-state index contributed by atoms with van der Waals surface area (Å²) in [7, 11) is 1.67. The highest BCUT2D eigenvalue weighted by Crippen LogP contribution is 2.23. The Kier molecular flexibility index (Phi) is 4.48. The first-order valence-electron chi connectivity index (χ1n) is 8.54. The number of amides is 3. The summed E-state index contributed by atoms with van der Waals surface area (Å²) in [4.78, 5) is 38.8. The predicted molar refractivity (Wildman–Crippen MR) is 96.6 cm³/mol. The summed E-state index contributed by atoms with van der Waals surface area (Å²) in [6.07, 6.45) is -0.769. The molecule has 1 saturated heterocycles. The molecule has 3 amide bonds. The lowest BCUT2D eigenvalue weighted by atomic mass is 10.1. The van der Waals surface area contributed by atoms with Gasteiger partial charge in [-0.1, -0.05) is 18.2 Å². The highest BCUT2D eigenvalue weighted by molar-refractivity contribution is 6.04. The van der Waals surface area contributed by atoms with Gasteiger partial charge in [-0.05, 0) is 38.3 Å². The van der Waals surface area contributed by atoms with Gasteiger partial charge < -0.3 is 14.2 Å². The minimum atomic E-state index is -1.21. The number of benzene rings is 1. The number of carbonyl (C=O) groups is 3. The van der Waals surface area contributed by atoms with Gasteiger partial charge in [-0.25, -0.2) is 9.69 Å². The molecule has 7 heteroatoms. The van der Waals surface area contributed by atoms with Crippen LogP contribution in [0.5, 0.6) is 0 Å². The van der Waals surface area contributed by atoms with Crippen LogP contribution in [-0.2, 0) is 20.9 Å². The van der Waals surface area contributed by atoms with Crippen molar-refractivity contribution in [3.8, 4) is 0 Å². The molecule has 138 valence electrons. The number of rotatable bonds is 5. The maximum absolute atomic E-state index is 12.4. The van der Waals surface area contributed by atoms with Crippen molar-refractivity contribution in [1.29, 1.82) is 0 Å². The number of imide groups is 1. The first kappa shape index (κ1) is 18.0. The Balaban J connectivity index is 1.64. The van der Waals surface area contributed by atoms with Crippen LogP contribution < -0.4 is 0 Å². The van der Waals surface area contributed by atoms with Gasteiger partial charge in [0.05, 0.1) is 0 Å². The smallest absolute Gasteiger partial charge is 0.418 e. The third-order valence-corrected chi connectivity index (χ3v) is 4.72. The molecule has 3 rings (SSSR count). The molecule has 1 aliphatic rings. The van der Waals surface area contributed by atoms with Gasteiger partial charge in [-0.3, -0.25) is 9.59 Å². The van der Waals surface area contributed by atoms with Gasteiger partial charge >= 0.3 is 6.09 Å². The van der Waals surface area contributed by atoms with E-state index in [1.165, 1.54) is 18.7 Å². The zero-order valence-corrected chi connectivity index (χ0v) is 15.5. The quantitative estimate of drug-likeness (QED) is 0.822. The van der Waals surface area contributed by atoms with Crippen molar-refractivity contribution in [1.82, 2.24) is 14.4 Å². The summed E-state index contributed by atoms with van der Waals surface area (Å²) < 4.78 is 7.15. The Hall–Kier alpha value is -2.83. The lowest BCUT2D eigenvalue weighted by Crippen LogP contribution is -2.43. The van der Waals surface area contributed by atoms with Crippen molar-refractivity contribution < 1.29 is 19.1 Å². The Labute approximate surface area is 152 Å². The molecule has 0 atom stereocenters. The van der Waals surface area contributed by atoms with Gasteiger partial charge in [-0.15, -0.1) is 0 Å². The maximum Gasteiger partial charge on any atom is 0.418 e. The number of carbonyl (C=O) groups excluding carboxylic acids is 3. The van der Waals surface area contributed by atoms with Crippen molar-refractivity contribution in [2.24, 2.45) is 0 Å². The molecule has 1 fully saturated rings. The van der Waals surface area contributed by atoms with Crippen molar-refractivity contribution >= 4 is 28.8 Å². The molecule has 1 aromatic heterocycles. The van der Waals surface area contributed by atoms with E-state index in [1.807, 2.05) is 25.1 Å². The second-order valence-electron chi connectivity index (χ2n) is 7.08. The van der Waals surface area contributed by atoms with Gasteiger partial charge in [0.2, 0.25) is 5.91 Å². The molecule has 0 bridgehead atoms. The molecule has 0 spiro atoms. The number of aromatic nitrogens is 1. The van der Waals surface area contributed by atoms with E-state index in [1.54, 1.807) is 7.05 Å². The van der Waals surface area contributed by atoms with Crippen LogP contribution >= 0.6 is 0 Å². The molecule has 1 aromatic carbocycles. The monoisotopic (exact) mass is 357 g/mol. The predicted octanol–water partition coefficient (Wildman–Crippen LogP) is 2.17. The normalized spacial score (nSPS) is 16.2. The molecule has 0 N–H and O–H groups in total. The fourth-order valence-electron chi connectivity index (χ4n) is 3.14. The van der Waals surface area contributed by atoms with Crippen LogP contribution in [0.3, 0.4) is 0 Å². The van der Waals surface area contributed by atoms with Crippen molar-refractivity contribution in [2.75, 3.05) is 20.1 Å². The molecule has 7 nitrogen and oxygen atoms in total. The summed E-state index contributed by atoms with van der Waals surface area (Å²) in [5.74, 6) is -0.793. The van der Waals surface area contributed by atoms with Crippen LogP contribution in [0.4, 0.5) is 4.79 Å². The average molecular weight is 357 g/mol. The lowest BCUT2D eigenvalue weighted by Gasteiger charge is -2.21. The number of fused-ring (bicyclic) bond motifs is 1. The SMILES string of the molecule is Cc1cc2ccccc2n1CCN(C)C(=O)CN1C(=O)OC(C)(C)C1=O. The number of para-hydroxylation sites is 1. The Morgan fingerprint density at radius 3 is 2.58 bits per heavy atom. The van der Waals surface area contributed by atoms with Crippen LogP contribution in [0, 0.1) is 6.92 Å². The molecular formula is C19H23N3O4. The van der Waals surface area contributed by atoms with E-state index in [-0.39, 0.29) is 12.5 Å². The van der Waals surface area contributed by atoms with E-state index >= 15 is 0 Å². The highest BCUT2D eigenvalue weighted by atomic mass is 16.6. The van der Waals surface area contributed by atoms with Crippen molar-refractivity contribution in [3.63, 3.8) is 0 Å². The Morgan fingerprint density at radius 2 is 1.92 bits per heavy atom. The van der Waals surface area contributed by atoms with Crippen molar-refractivity contribution in [3.05, 3.63) is 36.0 Å². The van der Waals surface area contributed by atoms with E-state index in [9.17, 15) is 14.4 Å². The van der Waals surface area contributed by atoms with Crippen LogP contribution in [-0.4, -0.2) is 58.0 Å². The van der Waals surface area contributed by atoms with Gasteiger partial charge in [0, 0.05) is 31.3 Å². The molecule has 0 unspecified atom stereocenters. The molecule has 2 heterocycles. The number of hydrogen-bond donors (Lipinski definition) is 0. The van der Waals surface area contributed by atoms with E-state index in [0.29, 0.717) is 13.1 Å². The average Bonchev–Trinajstić information content (AvgIpc) is 3.00. The number of likely N-dealkylation sites (N-methyl/N-ethyl adjacent to an activating group) is 1. The Bertz CT molecular complexity index is 884. The topological polar surface area (TPSA) is 71.8 Å². The number of nitrogens with zero attached hydrogens (tertiary/aromatic N) is 3. The summed E-state index contributed by atoms with van der Waals surface area (Å²) >= 11 is 0.